The van der Waals surface area contributed by atoms with Gasteiger partial charge in [-0.3, -0.25) is 0 Å². The van der Waals surface area contributed by atoms with Crippen LogP contribution in [-0.2, 0) is 11.2 Å². The lowest BCUT2D eigenvalue weighted by atomic mass is 9.90. The summed E-state index contributed by atoms with van der Waals surface area (Å²) in [6.07, 6.45) is 1.37. The van der Waals surface area contributed by atoms with E-state index in [1.807, 2.05) is 0 Å². The molecule has 0 spiro atoms. The lowest BCUT2D eigenvalue weighted by Crippen LogP contribution is -2.28. The Labute approximate surface area is 120 Å². The van der Waals surface area contributed by atoms with E-state index in [-0.39, 0.29) is 11.5 Å². The number of nitrogens with one attached hydrogen (secondary N) is 1. The molecule has 2 nitrogen and oxygen atoms in total. The van der Waals surface area contributed by atoms with Gasteiger partial charge in [0.05, 0.1) is 6.61 Å². The van der Waals surface area contributed by atoms with Crippen LogP contribution in [0.5, 0.6) is 0 Å². The Kier molecular flexibility index (Phi) is 7.70. The minimum Gasteiger partial charge on any atom is -0.383 e. The third-order valence-electron chi connectivity index (χ3n) is 3.28. The predicted octanol–water partition coefficient (Wildman–Crippen LogP) is 3.41. The maximum atomic E-state index is 13.7. The molecule has 20 heavy (non-hydrogen) atoms. The molecule has 0 aliphatic rings. The Bertz CT molecular complexity index is 376. The van der Waals surface area contributed by atoms with Crippen LogP contribution in [0.25, 0.3) is 0 Å². The molecular weight excluding hydrogens is 260 g/mol. The fourth-order valence-corrected chi connectivity index (χ4v) is 2.40. The van der Waals surface area contributed by atoms with Gasteiger partial charge in [0.2, 0.25) is 0 Å². The summed E-state index contributed by atoms with van der Waals surface area (Å²) in [7, 11) is 1.65. The van der Waals surface area contributed by atoms with Crippen LogP contribution < -0.4 is 5.32 Å². The van der Waals surface area contributed by atoms with Crippen LogP contribution in [0.15, 0.2) is 18.2 Å². The smallest absolute Gasteiger partial charge is 0.129 e. The predicted molar refractivity (Wildman–Crippen MR) is 77.8 cm³/mol. The number of rotatable bonds is 9. The summed E-state index contributed by atoms with van der Waals surface area (Å²) in [4.78, 5) is 0. The Balaban J connectivity index is 2.63. The zero-order chi connectivity index (χ0) is 15.0. The van der Waals surface area contributed by atoms with Crippen molar-refractivity contribution in [2.75, 3.05) is 26.8 Å². The van der Waals surface area contributed by atoms with Crippen molar-refractivity contribution in [3.8, 4) is 0 Å². The summed E-state index contributed by atoms with van der Waals surface area (Å²) >= 11 is 0. The quantitative estimate of drug-likeness (QED) is 0.702. The SMILES string of the molecule is COCCNCC(Cc1c(F)cccc1F)CC(C)C. The number of hydrogen-bond donors (Lipinski definition) is 1. The Hall–Kier alpha value is -1.00. The highest BCUT2D eigenvalue weighted by atomic mass is 19.1. The number of halogens is 2. The minimum atomic E-state index is -0.448. The summed E-state index contributed by atoms with van der Waals surface area (Å²) in [6.45, 7) is 6.39. The van der Waals surface area contributed by atoms with Gasteiger partial charge in [0, 0.05) is 19.2 Å². The van der Waals surface area contributed by atoms with Crippen molar-refractivity contribution in [2.24, 2.45) is 11.8 Å². The first kappa shape index (κ1) is 17.1. The van der Waals surface area contributed by atoms with E-state index in [4.69, 9.17) is 4.74 Å². The fraction of sp³-hybridized carbons (Fsp3) is 0.625. The zero-order valence-corrected chi connectivity index (χ0v) is 12.6. The van der Waals surface area contributed by atoms with Crippen molar-refractivity contribution in [1.29, 1.82) is 0 Å². The molecule has 1 rings (SSSR count). The van der Waals surface area contributed by atoms with Crippen LogP contribution in [0.1, 0.15) is 25.8 Å². The molecule has 1 N–H and O–H groups in total. The van der Waals surface area contributed by atoms with Gasteiger partial charge in [-0.25, -0.2) is 8.78 Å². The molecule has 0 aliphatic heterocycles. The Morgan fingerprint density at radius 2 is 1.85 bits per heavy atom. The van der Waals surface area contributed by atoms with E-state index in [1.165, 1.54) is 18.2 Å². The summed E-state index contributed by atoms with van der Waals surface area (Å²) in [6, 6.07) is 4.05. The molecular formula is C16H25F2NO. The lowest BCUT2D eigenvalue weighted by Gasteiger charge is -2.20. The molecule has 0 saturated carbocycles. The van der Waals surface area contributed by atoms with E-state index in [1.54, 1.807) is 7.11 Å². The molecule has 0 fully saturated rings. The van der Waals surface area contributed by atoms with Crippen LogP contribution in [-0.4, -0.2) is 26.8 Å². The molecule has 0 amide bonds. The number of benzene rings is 1. The van der Waals surface area contributed by atoms with E-state index >= 15 is 0 Å². The number of methoxy groups -OCH3 is 1. The normalized spacial score (nSPS) is 12.9. The van der Waals surface area contributed by atoms with Gasteiger partial charge < -0.3 is 10.1 Å². The third kappa shape index (κ3) is 5.97. The van der Waals surface area contributed by atoms with Gasteiger partial charge in [-0.05, 0) is 43.4 Å². The average Bonchev–Trinajstić information content (AvgIpc) is 2.38. The fourth-order valence-electron chi connectivity index (χ4n) is 2.40. The first-order valence-corrected chi connectivity index (χ1v) is 7.17. The average molecular weight is 285 g/mol. The molecule has 1 aromatic rings. The minimum absolute atomic E-state index is 0.201. The molecule has 0 radical (unpaired) electrons. The van der Waals surface area contributed by atoms with Crippen molar-refractivity contribution < 1.29 is 13.5 Å². The summed E-state index contributed by atoms with van der Waals surface area (Å²) in [5, 5.41) is 3.28. The van der Waals surface area contributed by atoms with Gasteiger partial charge in [0.1, 0.15) is 11.6 Å². The maximum absolute atomic E-state index is 13.7. The maximum Gasteiger partial charge on any atom is 0.129 e. The van der Waals surface area contributed by atoms with E-state index in [0.29, 0.717) is 18.9 Å². The molecule has 1 unspecified atom stereocenters. The number of ether oxygens (including phenoxy) is 1. The monoisotopic (exact) mass is 285 g/mol. The highest BCUT2D eigenvalue weighted by molar-refractivity contribution is 5.20. The first-order chi connectivity index (χ1) is 9.54. The second kappa shape index (κ2) is 9.03. The van der Waals surface area contributed by atoms with Crippen molar-refractivity contribution in [3.63, 3.8) is 0 Å². The van der Waals surface area contributed by atoms with Gasteiger partial charge in [-0.1, -0.05) is 19.9 Å². The lowest BCUT2D eigenvalue weighted by molar-refractivity contribution is 0.197. The van der Waals surface area contributed by atoms with Gasteiger partial charge in [0.15, 0.2) is 0 Å². The third-order valence-corrected chi connectivity index (χ3v) is 3.28. The molecule has 1 aromatic carbocycles. The largest absolute Gasteiger partial charge is 0.383 e. The molecule has 0 bridgehead atoms. The van der Waals surface area contributed by atoms with E-state index in [9.17, 15) is 8.78 Å². The van der Waals surface area contributed by atoms with Gasteiger partial charge in [0.25, 0.3) is 0 Å². The highest BCUT2D eigenvalue weighted by Gasteiger charge is 2.16. The van der Waals surface area contributed by atoms with Crippen LogP contribution in [0, 0.1) is 23.5 Å². The topological polar surface area (TPSA) is 21.3 Å². The molecule has 0 saturated heterocycles. The van der Waals surface area contributed by atoms with Crippen LogP contribution in [0.4, 0.5) is 8.78 Å². The molecule has 114 valence electrons. The first-order valence-electron chi connectivity index (χ1n) is 7.17. The molecule has 0 aromatic heterocycles. The van der Waals surface area contributed by atoms with Crippen molar-refractivity contribution >= 4 is 0 Å². The van der Waals surface area contributed by atoms with Crippen LogP contribution in [0.2, 0.25) is 0 Å². The van der Waals surface area contributed by atoms with E-state index in [0.717, 1.165) is 19.5 Å². The summed E-state index contributed by atoms with van der Waals surface area (Å²) in [5.74, 6) is -0.177. The molecule has 0 aliphatic carbocycles. The molecule has 1 atom stereocenters. The summed E-state index contributed by atoms with van der Waals surface area (Å²) < 4.78 is 32.4. The van der Waals surface area contributed by atoms with Gasteiger partial charge in [-0.15, -0.1) is 0 Å². The Morgan fingerprint density at radius 1 is 1.20 bits per heavy atom. The second-order valence-electron chi connectivity index (χ2n) is 5.60. The zero-order valence-electron chi connectivity index (χ0n) is 12.6. The van der Waals surface area contributed by atoms with Gasteiger partial charge >= 0.3 is 0 Å². The second-order valence-corrected chi connectivity index (χ2v) is 5.60. The van der Waals surface area contributed by atoms with E-state index in [2.05, 4.69) is 19.2 Å². The summed E-state index contributed by atoms with van der Waals surface area (Å²) in [5.41, 5.74) is 0.201. The standard InChI is InChI=1S/C16H25F2NO/c1-12(2)9-13(11-19-7-8-20-3)10-14-15(17)5-4-6-16(14)18/h4-6,12-13,19H,7-11H2,1-3H3. The number of hydrogen-bond acceptors (Lipinski definition) is 2. The van der Waals surface area contributed by atoms with Crippen molar-refractivity contribution in [3.05, 3.63) is 35.4 Å². The molecule has 0 heterocycles. The van der Waals surface area contributed by atoms with Gasteiger partial charge in [-0.2, -0.15) is 0 Å². The van der Waals surface area contributed by atoms with E-state index < -0.39 is 11.6 Å². The van der Waals surface area contributed by atoms with Crippen LogP contribution in [0.3, 0.4) is 0 Å². The molecule has 4 heteroatoms. The van der Waals surface area contributed by atoms with Crippen molar-refractivity contribution in [1.82, 2.24) is 5.32 Å². The highest BCUT2D eigenvalue weighted by Crippen LogP contribution is 2.21. The van der Waals surface area contributed by atoms with Crippen molar-refractivity contribution in [2.45, 2.75) is 26.7 Å². The Morgan fingerprint density at radius 3 is 2.40 bits per heavy atom. The van der Waals surface area contributed by atoms with Crippen LogP contribution >= 0.6 is 0 Å².